The molecule has 0 aliphatic carbocycles. The van der Waals surface area contributed by atoms with Gasteiger partial charge in [0.1, 0.15) is 11.5 Å². The van der Waals surface area contributed by atoms with Crippen LogP contribution in [0, 0.1) is 0 Å². The Kier molecular flexibility index (Phi) is 5.78. The van der Waals surface area contributed by atoms with Crippen LogP contribution in [0.4, 0.5) is 5.69 Å². The second-order valence-electron chi connectivity index (χ2n) is 7.02. The lowest BCUT2D eigenvalue weighted by atomic mass is 9.95. The molecule has 4 rings (SSSR count). The van der Waals surface area contributed by atoms with Crippen molar-refractivity contribution in [3.05, 3.63) is 101 Å². The largest absolute Gasteiger partial charge is 0.507 e. The maximum Gasteiger partial charge on any atom is 0.300 e. The van der Waals surface area contributed by atoms with Crippen molar-refractivity contribution in [1.29, 1.82) is 0 Å². The summed E-state index contributed by atoms with van der Waals surface area (Å²) in [5.41, 5.74) is 1.66. The second-order valence-corrected chi connectivity index (χ2v) is 7.45. The molecule has 1 heterocycles. The van der Waals surface area contributed by atoms with Crippen molar-refractivity contribution in [2.24, 2.45) is 0 Å². The van der Waals surface area contributed by atoms with E-state index in [1.807, 2.05) is 37.3 Å². The van der Waals surface area contributed by atoms with Crippen LogP contribution >= 0.6 is 11.6 Å². The Hall–Kier alpha value is -3.57. The Morgan fingerprint density at radius 3 is 2.39 bits per heavy atom. The third-order valence-electron chi connectivity index (χ3n) is 5.08. The van der Waals surface area contributed by atoms with E-state index in [9.17, 15) is 14.7 Å². The number of carbonyl (C=O) groups is 2. The first-order valence-electron chi connectivity index (χ1n) is 9.86. The Morgan fingerprint density at radius 2 is 1.71 bits per heavy atom. The van der Waals surface area contributed by atoms with Gasteiger partial charge in [-0.25, -0.2) is 0 Å². The van der Waals surface area contributed by atoms with Crippen molar-refractivity contribution in [3.63, 3.8) is 0 Å². The van der Waals surface area contributed by atoms with E-state index in [2.05, 4.69) is 0 Å². The fourth-order valence-corrected chi connectivity index (χ4v) is 3.83. The molecule has 1 aliphatic heterocycles. The second kappa shape index (κ2) is 8.66. The highest BCUT2D eigenvalue weighted by atomic mass is 35.5. The summed E-state index contributed by atoms with van der Waals surface area (Å²) in [6.45, 7) is 2.33. The highest BCUT2D eigenvalue weighted by molar-refractivity contribution is 6.51. The summed E-state index contributed by atoms with van der Waals surface area (Å²) < 4.78 is 5.51. The number of anilines is 1. The van der Waals surface area contributed by atoms with Crippen LogP contribution in [0.25, 0.3) is 5.76 Å². The molecule has 1 atom stereocenters. The normalized spacial score (nSPS) is 17.7. The maximum atomic E-state index is 13.1. The van der Waals surface area contributed by atoms with Crippen molar-refractivity contribution in [2.45, 2.75) is 13.0 Å². The Balaban J connectivity index is 1.90. The quantitative estimate of drug-likeness (QED) is 0.334. The molecule has 31 heavy (non-hydrogen) atoms. The van der Waals surface area contributed by atoms with Crippen LogP contribution in [-0.4, -0.2) is 23.4 Å². The molecule has 1 N–H and O–H groups in total. The van der Waals surface area contributed by atoms with Gasteiger partial charge >= 0.3 is 0 Å². The third kappa shape index (κ3) is 3.92. The third-order valence-corrected chi connectivity index (χ3v) is 5.33. The van der Waals surface area contributed by atoms with E-state index in [-0.39, 0.29) is 11.3 Å². The number of ketones is 1. The number of Topliss-reactive ketones (excluding diaryl/α,β-unsaturated/α-hetero) is 1. The lowest BCUT2D eigenvalue weighted by Crippen LogP contribution is -2.29. The van der Waals surface area contributed by atoms with Gasteiger partial charge in [0.05, 0.1) is 18.2 Å². The van der Waals surface area contributed by atoms with Crippen molar-refractivity contribution in [2.75, 3.05) is 11.5 Å². The summed E-state index contributed by atoms with van der Waals surface area (Å²) in [4.78, 5) is 27.6. The molecule has 1 fully saturated rings. The molecule has 5 nitrogen and oxygen atoms in total. The van der Waals surface area contributed by atoms with E-state index in [1.54, 1.807) is 48.5 Å². The van der Waals surface area contributed by atoms with Gasteiger partial charge in [0, 0.05) is 16.3 Å². The molecule has 3 aromatic rings. The van der Waals surface area contributed by atoms with Crippen molar-refractivity contribution in [1.82, 2.24) is 0 Å². The van der Waals surface area contributed by atoms with Gasteiger partial charge in [0.25, 0.3) is 11.7 Å². The summed E-state index contributed by atoms with van der Waals surface area (Å²) in [5.74, 6) is -1.14. The van der Waals surface area contributed by atoms with Gasteiger partial charge in [-0.2, -0.15) is 0 Å². The average molecular weight is 434 g/mol. The minimum Gasteiger partial charge on any atom is -0.507 e. The first-order valence-corrected chi connectivity index (χ1v) is 10.2. The number of hydrogen-bond donors (Lipinski definition) is 1. The number of hydrogen-bond acceptors (Lipinski definition) is 4. The molecule has 1 saturated heterocycles. The molecular formula is C25H20ClNO4. The number of carbonyl (C=O) groups excluding carboxylic acids is 2. The van der Waals surface area contributed by atoms with Crippen LogP contribution in [0.2, 0.25) is 5.02 Å². The van der Waals surface area contributed by atoms with Gasteiger partial charge in [0.15, 0.2) is 0 Å². The molecule has 0 radical (unpaired) electrons. The molecule has 3 aromatic carbocycles. The van der Waals surface area contributed by atoms with Gasteiger partial charge < -0.3 is 9.84 Å². The highest BCUT2D eigenvalue weighted by Gasteiger charge is 2.46. The number of rotatable bonds is 5. The van der Waals surface area contributed by atoms with Crippen molar-refractivity contribution in [3.8, 4) is 5.75 Å². The summed E-state index contributed by atoms with van der Waals surface area (Å²) in [6, 6.07) is 21.9. The molecule has 1 aliphatic rings. The van der Waals surface area contributed by atoms with Crippen LogP contribution in [0.1, 0.15) is 24.1 Å². The van der Waals surface area contributed by atoms with Gasteiger partial charge in [-0.15, -0.1) is 0 Å². The SMILES string of the molecule is CCOc1cccc(/C(O)=C2/C(=O)C(=O)N(c3ccc(Cl)cc3)C2c2ccccc2)c1. The number of nitrogens with zero attached hydrogens (tertiary/aromatic N) is 1. The van der Waals surface area contributed by atoms with E-state index in [0.717, 1.165) is 0 Å². The standard InChI is InChI=1S/C25H20ClNO4/c1-2-31-20-10-6-9-17(15-20)23(28)21-22(16-7-4-3-5-8-16)27(25(30)24(21)29)19-13-11-18(26)12-14-19/h3-15,22,28H,2H2,1H3/b23-21-. The fraction of sp³-hybridized carbons (Fsp3) is 0.120. The summed E-state index contributed by atoms with van der Waals surface area (Å²) in [6.07, 6.45) is 0. The van der Waals surface area contributed by atoms with E-state index in [1.165, 1.54) is 4.90 Å². The lowest BCUT2D eigenvalue weighted by molar-refractivity contribution is -0.132. The lowest BCUT2D eigenvalue weighted by Gasteiger charge is -2.25. The zero-order chi connectivity index (χ0) is 22.0. The van der Waals surface area contributed by atoms with Crippen molar-refractivity contribution >= 4 is 34.7 Å². The number of benzene rings is 3. The molecule has 0 bridgehead atoms. The van der Waals surface area contributed by atoms with Crippen LogP contribution in [0.15, 0.2) is 84.4 Å². The topological polar surface area (TPSA) is 66.8 Å². The number of amides is 1. The van der Waals surface area contributed by atoms with Crippen LogP contribution in [-0.2, 0) is 9.59 Å². The number of halogens is 1. The monoisotopic (exact) mass is 433 g/mol. The van der Waals surface area contributed by atoms with Gasteiger partial charge in [-0.3, -0.25) is 14.5 Å². The van der Waals surface area contributed by atoms with Crippen LogP contribution in [0.5, 0.6) is 5.75 Å². The molecule has 0 spiro atoms. The average Bonchev–Trinajstić information content (AvgIpc) is 3.05. The van der Waals surface area contributed by atoms with Gasteiger partial charge in [0.2, 0.25) is 0 Å². The summed E-state index contributed by atoms with van der Waals surface area (Å²) in [7, 11) is 0. The van der Waals surface area contributed by atoms with Crippen LogP contribution in [0.3, 0.4) is 0 Å². The Bertz CT molecular complexity index is 1160. The van der Waals surface area contributed by atoms with Gasteiger partial charge in [-0.05, 0) is 48.9 Å². The van der Waals surface area contributed by atoms with E-state index < -0.39 is 17.7 Å². The van der Waals surface area contributed by atoms with E-state index in [0.29, 0.717) is 34.2 Å². The fourth-order valence-electron chi connectivity index (χ4n) is 3.71. The summed E-state index contributed by atoms with van der Waals surface area (Å²) >= 11 is 6.00. The Labute approximate surface area is 185 Å². The van der Waals surface area contributed by atoms with Crippen LogP contribution < -0.4 is 9.64 Å². The van der Waals surface area contributed by atoms with Crippen molar-refractivity contribution < 1.29 is 19.4 Å². The number of aliphatic hydroxyl groups excluding tert-OH is 1. The molecule has 6 heteroatoms. The molecule has 156 valence electrons. The number of aliphatic hydroxyl groups is 1. The molecular weight excluding hydrogens is 414 g/mol. The minimum absolute atomic E-state index is 0.0276. The molecule has 1 unspecified atom stereocenters. The first kappa shape index (κ1) is 20.7. The smallest absolute Gasteiger partial charge is 0.300 e. The highest BCUT2D eigenvalue weighted by Crippen LogP contribution is 2.42. The summed E-state index contributed by atoms with van der Waals surface area (Å²) in [5, 5.41) is 11.7. The maximum absolute atomic E-state index is 13.1. The zero-order valence-corrected chi connectivity index (χ0v) is 17.5. The Morgan fingerprint density at radius 1 is 1.00 bits per heavy atom. The molecule has 0 saturated carbocycles. The van der Waals surface area contributed by atoms with E-state index >= 15 is 0 Å². The first-order chi connectivity index (χ1) is 15.0. The molecule has 0 aromatic heterocycles. The minimum atomic E-state index is -0.780. The predicted octanol–water partition coefficient (Wildman–Crippen LogP) is 5.37. The number of ether oxygens (including phenoxy) is 1. The zero-order valence-electron chi connectivity index (χ0n) is 16.8. The molecule has 1 amide bonds. The predicted molar refractivity (Wildman–Crippen MR) is 120 cm³/mol. The van der Waals surface area contributed by atoms with Gasteiger partial charge in [-0.1, -0.05) is 54.1 Å². The van der Waals surface area contributed by atoms with E-state index in [4.69, 9.17) is 16.3 Å².